The van der Waals surface area contributed by atoms with Gasteiger partial charge in [-0.2, -0.15) is 13.2 Å². The van der Waals surface area contributed by atoms with Crippen LogP contribution >= 0.6 is 0 Å². The van der Waals surface area contributed by atoms with Gasteiger partial charge in [0.05, 0.1) is 12.6 Å². The minimum Gasteiger partial charge on any atom is -0.395 e. The molecule has 2 atom stereocenters. The third-order valence-electron chi connectivity index (χ3n) is 4.03. The molecule has 130 valence electrons. The lowest BCUT2D eigenvalue weighted by molar-refractivity contribution is -0.262. The highest BCUT2D eigenvalue weighted by atomic mass is 19.4. The number of nitrogens with one attached hydrogen (secondary N) is 1. The van der Waals surface area contributed by atoms with E-state index in [2.05, 4.69) is 10.1 Å². The summed E-state index contributed by atoms with van der Waals surface area (Å²) in [6, 6.07) is -0.944. The Morgan fingerprint density at radius 3 is 2.50 bits per heavy atom. The number of carbonyl (C=O) groups excluding carboxylic acids is 1. The van der Waals surface area contributed by atoms with E-state index in [1.807, 2.05) is 13.8 Å². The first-order chi connectivity index (χ1) is 10.2. The fraction of sp³-hybridized carbons (Fsp3) is 0.929. The normalized spacial score (nSPS) is 25.7. The maximum Gasteiger partial charge on any atom is 0.418 e. The van der Waals surface area contributed by atoms with Gasteiger partial charge in [0.2, 0.25) is 5.91 Å². The molecule has 1 amide bonds. The summed E-state index contributed by atoms with van der Waals surface area (Å²) in [7, 11) is 1.01. The molecule has 1 aliphatic heterocycles. The van der Waals surface area contributed by atoms with Crippen LogP contribution in [0.4, 0.5) is 13.2 Å². The highest BCUT2D eigenvalue weighted by Crippen LogP contribution is 2.39. The molecule has 1 aliphatic rings. The summed E-state index contributed by atoms with van der Waals surface area (Å²) >= 11 is 0. The number of ether oxygens (including phenoxy) is 1. The van der Waals surface area contributed by atoms with Gasteiger partial charge < -0.3 is 20.1 Å². The van der Waals surface area contributed by atoms with Crippen LogP contribution in [-0.2, 0) is 9.53 Å². The number of nitrogens with zero attached hydrogens (tertiary/aromatic N) is 1. The van der Waals surface area contributed by atoms with E-state index < -0.39 is 36.7 Å². The highest BCUT2D eigenvalue weighted by Gasteiger charge is 2.60. The fourth-order valence-electron chi connectivity index (χ4n) is 2.51. The van der Waals surface area contributed by atoms with Gasteiger partial charge in [-0.05, 0) is 12.3 Å². The van der Waals surface area contributed by atoms with Crippen molar-refractivity contribution in [3.63, 3.8) is 0 Å². The molecular weight excluding hydrogens is 301 g/mol. The molecule has 0 aliphatic carbocycles. The van der Waals surface area contributed by atoms with Gasteiger partial charge in [0, 0.05) is 33.2 Å². The SMILES string of the molecule is CO[C@]1(C(F)(F)F)CN[C@H](C(=O)N(CCO)CCC(C)C)C1. The van der Waals surface area contributed by atoms with Gasteiger partial charge in [-0.25, -0.2) is 0 Å². The van der Waals surface area contributed by atoms with E-state index in [9.17, 15) is 18.0 Å². The Hall–Kier alpha value is -0.860. The van der Waals surface area contributed by atoms with Gasteiger partial charge in [-0.3, -0.25) is 4.79 Å². The van der Waals surface area contributed by atoms with Crippen molar-refractivity contribution in [1.82, 2.24) is 10.2 Å². The Labute approximate surface area is 128 Å². The lowest BCUT2D eigenvalue weighted by Gasteiger charge is -2.30. The van der Waals surface area contributed by atoms with Crippen molar-refractivity contribution in [1.29, 1.82) is 0 Å². The van der Waals surface area contributed by atoms with Crippen LogP contribution in [0.15, 0.2) is 0 Å². The lowest BCUT2D eigenvalue weighted by Crippen LogP contribution is -2.49. The lowest BCUT2D eigenvalue weighted by atomic mass is 9.98. The monoisotopic (exact) mass is 326 g/mol. The quantitative estimate of drug-likeness (QED) is 0.737. The van der Waals surface area contributed by atoms with Crippen molar-refractivity contribution in [3.8, 4) is 0 Å². The zero-order chi connectivity index (χ0) is 17.0. The van der Waals surface area contributed by atoms with Gasteiger partial charge >= 0.3 is 6.18 Å². The van der Waals surface area contributed by atoms with Crippen LogP contribution in [0.3, 0.4) is 0 Å². The number of halogens is 3. The maximum atomic E-state index is 13.1. The van der Waals surface area contributed by atoms with Crippen molar-refractivity contribution < 1.29 is 27.8 Å². The smallest absolute Gasteiger partial charge is 0.395 e. The summed E-state index contributed by atoms with van der Waals surface area (Å²) in [6.07, 6.45) is -4.26. The molecule has 0 spiro atoms. The molecule has 1 saturated heterocycles. The molecule has 22 heavy (non-hydrogen) atoms. The molecule has 1 rings (SSSR count). The van der Waals surface area contributed by atoms with Crippen LogP contribution in [0.1, 0.15) is 26.7 Å². The third kappa shape index (κ3) is 4.33. The van der Waals surface area contributed by atoms with Crippen LogP contribution in [0.25, 0.3) is 0 Å². The van der Waals surface area contributed by atoms with Crippen molar-refractivity contribution in [2.24, 2.45) is 5.92 Å². The molecule has 5 nitrogen and oxygen atoms in total. The first-order valence-corrected chi connectivity index (χ1v) is 7.41. The number of hydrogen-bond donors (Lipinski definition) is 2. The number of hydrogen-bond acceptors (Lipinski definition) is 4. The first kappa shape index (κ1) is 19.2. The number of rotatable bonds is 7. The Morgan fingerprint density at radius 1 is 1.45 bits per heavy atom. The van der Waals surface area contributed by atoms with Gasteiger partial charge in [0.1, 0.15) is 0 Å². The number of amides is 1. The van der Waals surface area contributed by atoms with Crippen LogP contribution in [0.2, 0.25) is 0 Å². The minimum atomic E-state index is -4.54. The summed E-state index contributed by atoms with van der Waals surface area (Å²) in [6.45, 7) is 3.87. The van der Waals surface area contributed by atoms with Crippen LogP contribution in [0.5, 0.6) is 0 Å². The van der Waals surface area contributed by atoms with Crippen molar-refractivity contribution >= 4 is 5.91 Å². The Morgan fingerprint density at radius 2 is 2.09 bits per heavy atom. The van der Waals surface area contributed by atoms with Gasteiger partial charge in [0.25, 0.3) is 0 Å². The molecule has 0 bridgehead atoms. The molecular formula is C14H25F3N2O3. The van der Waals surface area contributed by atoms with E-state index in [0.717, 1.165) is 13.5 Å². The minimum absolute atomic E-state index is 0.121. The number of aliphatic hydroxyl groups is 1. The number of alkyl halides is 3. The molecule has 0 saturated carbocycles. The van der Waals surface area contributed by atoms with Crippen molar-refractivity contribution in [2.75, 3.05) is 33.4 Å². The molecule has 8 heteroatoms. The molecule has 0 aromatic rings. The topological polar surface area (TPSA) is 61.8 Å². The average molecular weight is 326 g/mol. The van der Waals surface area contributed by atoms with E-state index in [0.29, 0.717) is 12.5 Å². The Kier molecular flexibility index (Phi) is 6.64. The predicted octanol–water partition coefficient (Wildman–Crippen LogP) is 1.16. The van der Waals surface area contributed by atoms with Crippen LogP contribution in [0, 0.1) is 5.92 Å². The number of aliphatic hydroxyl groups excluding tert-OH is 1. The Balaban J connectivity index is 2.75. The zero-order valence-corrected chi connectivity index (χ0v) is 13.2. The first-order valence-electron chi connectivity index (χ1n) is 7.41. The second kappa shape index (κ2) is 7.61. The highest BCUT2D eigenvalue weighted by molar-refractivity contribution is 5.82. The molecule has 2 N–H and O–H groups in total. The van der Waals surface area contributed by atoms with E-state index in [1.165, 1.54) is 4.90 Å². The van der Waals surface area contributed by atoms with E-state index >= 15 is 0 Å². The zero-order valence-electron chi connectivity index (χ0n) is 13.2. The van der Waals surface area contributed by atoms with Gasteiger partial charge in [-0.15, -0.1) is 0 Å². The van der Waals surface area contributed by atoms with E-state index in [-0.39, 0.29) is 13.2 Å². The molecule has 1 heterocycles. The van der Waals surface area contributed by atoms with E-state index in [1.54, 1.807) is 0 Å². The predicted molar refractivity (Wildman–Crippen MR) is 75.3 cm³/mol. The molecule has 0 aromatic carbocycles. The van der Waals surface area contributed by atoms with Gasteiger partial charge in [0.15, 0.2) is 5.60 Å². The summed E-state index contributed by atoms with van der Waals surface area (Å²) in [4.78, 5) is 13.8. The molecule has 0 radical (unpaired) electrons. The van der Waals surface area contributed by atoms with Gasteiger partial charge in [-0.1, -0.05) is 13.8 Å². The second-order valence-corrected chi connectivity index (χ2v) is 6.07. The Bertz CT molecular complexity index is 377. The average Bonchev–Trinajstić information content (AvgIpc) is 2.88. The summed E-state index contributed by atoms with van der Waals surface area (Å²) in [5.41, 5.74) is -2.32. The summed E-state index contributed by atoms with van der Waals surface area (Å²) < 4.78 is 44.1. The van der Waals surface area contributed by atoms with E-state index in [4.69, 9.17) is 5.11 Å². The van der Waals surface area contributed by atoms with Crippen molar-refractivity contribution in [2.45, 2.75) is 44.5 Å². The van der Waals surface area contributed by atoms with Crippen molar-refractivity contribution in [3.05, 3.63) is 0 Å². The number of methoxy groups -OCH3 is 1. The molecule has 1 fully saturated rings. The second-order valence-electron chi connectivity index (χ2n) is 6.07. The number of carbonyl (C=O) groups is 1. The molecule has 0 aromatic heterocycles. The third-order valence-corrected chi connectivity index (χ3v) is 4.03. The summed E-state index contributed by atoms with van der Waals surface area (Å²) in [5, 5.41) is 11.7. The maximum absolute atomic E-state index is 13.1. The molecule has 0 unspecified atom stereocenters. The standard InChI is InChI=1S/C14H25F3N2O3/c1-10(2)4-5-19(6-7-20)12(21)11-8-13(22-3,9-18-11)14(15,16)17/h10-11,18,20H,4-9H2,1-3H3/t11-,13-/m0/s1. The summed E-state index contributed by atoms with van der Waals surface area (Å²) in [5.74, 6) is -0.0587. The fourth-order valence-corrected chi connectivity index (χ4v) is 2.51. The largest absolute Gasteiger partial charge is 0.418 e. The van der Waals surface area contributed by atoms with Crippen LogP contribution < -0.4 is 5.32 Å². The van der Waals surface area contributed by atoms with Crippen LogP contribution in [-0.4, -0.2) is 67.1 Å².